The predicted molar refractivity (Wildman–Crippen MR) is 99.5 cm³/mol. The van der Waals surface area contributed by atoms with Crippen LogP contribution in [0.25, 0.3) is 5.69 Å². The summed E-state index contributed by atoms with van der Waals surface area (Å²) in [5, 5.41) is 9.09. The fourth-order valence-corrected chi connectivity index (χ4v) is 3.34. The Balaban J connectivity index is 1.95. The van der Waals surface area contributed by atoms with Crippen LogP contribution in [0, 0.1) is 5.82 Å². The van der Waals surface area contributed by atoms with Gasteiger partial charge in [0.1, 0.15) is 18.2 Å². The molecule has 2 heterocycles. The van der Waals surface area contributed by atoms with E-state index in [1.54, 1.807) is 30.3 Å². The summed E-state index contributed by atoms with van der Waals surface area (Å²) in [5.74, 6) is 1.12. The fourth-order valence-electron chi connectivity index (χ4n) is 3.17. The van der Waals surface area contributed by atoms with Crippen LogP contribution in [0.1, 0.15) is 29.7 Å². The molecule has 0 radical (unpaired) electrons. The van der Waals surface area contributed by atoms with Gasteiger partial charge in [-0.3, -0.25) is 9.56 Å². The minimum absolute atomic E-state index is 0.0609. The summed E-state index contributed by atoms with van der Waals surface area (Å²) in [7, 11) is 0. The highest BCUT2D eigenvalue weighted by molar-refractivity contribution is 6.31. The Morgan fingerprint density at radius 1 is 1.19 bits per heavy atom. The molecule has 26 heavy (non-hydrogen) atoms. The molecule has 1 aromatic heterocycles. The minimum atomic E-state index is -0.328. The summed E-state index contributed by atoms with van der Waals surface area (Å²) in [6.45, 7) is 2.21. The van der Waals surface area contributed by atoms with Gasteiger partial charge in [0.25, 0.3) is 0 Å². The average molecular weight is 370 g/mol. The molecule has 2 N–H and O–H groups in total. The van der Waals surface area contributed by atoms with Crippen molar-refractivity contribution in [1.82, 2.24) is 14.8 Å². The number of nitrogens with zero attached hydrogens (tertiary/aromatic N) is 4. The van der Waals surface area contributed by atoms with Crippen molar-refractivity contribution in [1.29, 1.82) is 0 Å². The van der Waals surface area contributed by atoms with Crippen LogP contribution in [0.5, 0.6) is 0 Å². The maximum Gasteiger partial charge on any atom is 0.159 e. The summed E-state index contributed by atoms with van der Waals surface area (Å²) < 4.78 is 16.4. The Hall–Kier alpha value is -2.57. The van der Waals surface area contributed by atoms with E-state index in [1.807, 2.05) is 17.6 Å². The van der Waals surface area contributed by atoms with Crippen molar-refractivity contribution in [3.05, 3.63) is 76.1 Å². The number of aliphatic imine (C=N–C) groups is 1. The van der Waals surface area contributed by atoms with E-state index in [9.17, 15) is 4.39 Å². The Bertz CT molecular complexity index is 1010. The molecule has 0 aliphatic carbocycles. The van der Waals surface area contributed by atoms with Gasteiger partial charge < -0.3 is 5.73 Å². The number of halogens is 2. The van der Waals surface area contributed by atoms with Gasteiger partial charge in [0.15, 0.2) is 5.82 Å². The predicted octanol–water partition coefficient (Wildman–Crippen LogP) is 3.30. The summed E-state index contributed by atoms with van der Waals surface area (Å²) in [5.41, 5.74) is 8.51. The van der Waals surface area contributed by atoms with E-state index < -0.39 is 0 Å². The van der Waals surface area contributed by atoms with Crippen molar-refractivity contribution in [2.45, 2.75) is 25.9 Å². The molecule has 132 valence electrons. The van der Waals surface area contributed by atoms with Crippen LogP contribution in [0.3, 0.4) is 0 Å². The van der Waals surface area contributed by atoms with Crippen molar-refractivity contribution in [3.63, 3.8) is 0 Å². The van der Waals surface area contributed by atoms with Crippen molar-refractivity contribution in [2.24, 2.45) is 10.7 Å². The highest BCUT2D eigenvalue weighted by atomic mass is 35.5. The van der Waals surface area contributed by atoms with Crippen LogP contribution < -0.4 is 5.73 Å². The van der Waals surface area contributed by atoms with Gasteiger partial charge >= 0.3 is 0 Å². The highest BCUT2D eigenvalue weighted by Gasteiger charge is 2.24. The summed E-state index contributed by atoms with van der Waals surface area (Å²) in [6.07, 6.45) is 0.574. The fraction of sp³-hybridized carbons (Fsp3) is 0.211. The summed E-state index contributed by atoms with van der Waals surface area (Å²) >= 11 is 6.24. The van der Waals surface area contributed by atoms with Crippen LogP contribution in [0.15, 0.2) is 47.5 Å². The van der Waals surface area contributed by atoms with E-state index >= 15 is 0 Å². The molecule has 4 rings (SSSR count). The zero-order valence-electron chi connectivity index (χ0n) is 14.2. The Labute approximate surface area is 155 Å². The zero-order valence-corrected chi connectivity index (χ0v) is 14.9. The zero-order chi connectivity index (χ0) is 18.3. The standard InChI is InChI=1S/C19H17ClFN5/c1-11(22)8-17-24-25-18-10-23-19(13-4-2-3-5-15(13)21)14-9-12(20)6-7-16(14)26(17)18/h2-7,9,11H,8,10,22H2,1H3. The van der Waals surface area contributed by atoms with Gasteiger partial charge in [0, 0.05) is 28.6 Å². The molecular weight excluding hydrogens is 353 g/mol. The largest absolute Gasteiger partial charge is 0.328 e. The molecule has 1 atom stereocenters. The second-order valence-electron chi connectivity index (χ2n) is 6.36. The van der Waals surface area contributed by atoms with E-state index in [1.165, 1.54) is 6.07 Å². The third kappa shape index (κ3) is 2.91. The summed E-state index contributed by atoms with van der Waals surface area (Å²) in [6, 6.07) is 12.0. The minimum Gasteiger partial charge on any atom is -0.328 e. The smallest absolute Gasteiger partial charge is 0.159 e. The van der Waals surface area contributed by atoms with Crippen molar-refractivity contribution >= 4 is 17.3 Å². The molecule has 1 unspecified atom stereocenters. The van der Waals surface area contributed by atoms with Crippen LogP contribution in [0.4, 0.5) is 4.39 Å². The number of hydrogen-bond acceptors (Lipinski definition) is 4. The first-order chi connectivity index (χ1) is 12.5. The summed E-state index contributed by atoms with van der Waals surface area (Å²) in [4.78, 5) is 4.63. The van der Waals surface area contributed by atoms with E-state index in [-0.39, 0.29) is 11.9 Å². The second-order valence-corrected chi connectivity index (χ2v) is 6.79. The number of nitrogens with two attached hydrogens (primary N) is 1. The molecule has 1 aliphatic rings. The van der Waals surface area contributed by atoms with Crippen molar-refractivity contribution < 1.29 is 4.39 Å². The van der Waals surface area contributed by atoms with Gasteiger partial charge in [-0.2, -0.15) is 0 Å². The number of aromatic nitrogens is 3. The number of benzene rings is 2. The molecule has 0 fully saturated rings. The lowest BCUT2D eigenvalue weighted by atomic mass is 10.00. The van der Waals surface area contributed by atoms with Gasteiger partial charge in [-0.05, 0) is 37.3 Å². The van der Waals surface area contributed by atoms with Gasteiger partial charge in [-0.15, -0.1) is 10.2 Å². The molecule has 7 heteroatoms. The lowest BCUT2D eigenvalue weighted by Gasteiger charge is -2.15. The monoisotopic (exact) mass is 369 g/mol. The topological polar surface area (TPSA) is 69.1 Å². The molecule has 0 saturated carbocycles. The van der Waals surface area contributed by atoms with Crippen LogP contribution in [-0.2, 0) is 13.0 Å². The molecule has 1 aliphatic heterocycles. The van der Waals surface area contributed by atoms with E-state index in [0.29, 0.717) is 35.1 Å². The normalized spacial score (nSPS) is 14.2. The first-order valence-corrected chi connectivity index (χ1v) is 8.71. The number of rotatable bonds is 3. The SMILES string of the molecule is CC(N)Cc1nnc2n1-c1ccc(Cl)cc1C(c1ccccc1F)=NC2. The van der Waals surface area contributed by atoms with Gasteiger partial charge in [0.2, 0.25) is 0 Å². The van der Waals surface area contributed by atoms with E-state index in [0.717, 1.165) is 17.1 Å². The first kappa shape index (κ1) is 16.9. The molecular formula is C19H17ClFN5. The highest BCUT2D eigenvalue weighted by Crippen LogP contribution is 2.29. The van der Waals surface area contributed by atoms with E-state index in [4.69, 9.17) is 17.3 Å². The van der Waals surface area contributed by atoms with Gasteiger partial charge in [-0.1, -0.05) is 23.7 Å². The molecule has 0 saturated heterocycles. The lowest BCUT2D eigenvalue weighted by Crippen LogP contribution is -2.21. The third-order valence-corrected chi connectivity index (χ3v) is 4.50. The van der Waals surface area contributed by atoms with Gasteiger partial charge in [0.05, 0.1) is 11.4 Å². The molecule has 2 aromatic carbocycles. The maximum atomic E-state index is 14.4. The first-order valence-electron chi connectivity index (χ1n) is 8.33. The quantitative estimate of drug-likeness (QED) is 0.770. The molecule has 0 bridgehead atoms. The number of hydrogen-bond donors (Lipinski definition) is 1. The lowest BCUT2D eigenvalue weighted by molar-refractivity contribution is 0.625. The molecule has 3 aromatic rings. The second kappa shape index (κ2) is 6.63. The van der Waals surface area contributed by atoms with Crippen LogP contribution in [0.2, 0.25) is 5.02 Å². The van der Waals surface area contributed by atoms with Crippen molar-refractivity contribution in [3.8, 4) is 5.69 Å². The molecule has 5 nitrogen and oxygen atoms in total. The van der Waals surface area contributed by atoms with Gasteiger partial charge in [-0.25, -0.2) is 4.39 Å². The Morgan fingerprint density at radius 3 is 2.77 bits per heavy atom. The Kier molecular flexibility index (Phi) is 4.30. The average Bonchev–Trinajstić information content (AvgIpc) is 2.91. The van der Waals surface area contributed by atoms with Crippen molar-refractivity contribution in [2.75, 3.05) is 0 Å². The molecule has 0 spiro atoms. The van der Waals surface area contributed by atoms with Crippen LogP contribution >= 0.6 is 11.6 Å². The maximum absolute atomic E-state index is 14.4. The van der Waals surface area contributed by atoms with Crippen LogP contribution in [-0.4, -0.2) is 26.5 Å². The third-order valence-electron chi connectivity index (χ3n) is 4.26. The molecule has 0 amide bonds. The van der Waals surface area contributed by atoms with E-state index in [2.05, 4.69) is 15.2 Å². The number of fused-ring (bicyclic) bond motifs is 3. The Morgan fingerprint density at radius 2 is 2.00 bits per heavy atom.